The number of carbonyl (C=O) groups excluding carboxylic acids is 1. The van der Waals surface area contributed by atoms with E-state index in [1.165, 1.54) is 57.8 Å². The van der Waals surface area contributed by atoms with Crippen molar-refractivity contribution in [2.24, 2.45) is 0 Å². The van der Waals surface area contributed by atoms with Crippen molar-refractivity contribution in [3.63, 3.8) is 0 Å². The fourth-order valence-corrected chi connectivity index (χ4v) is 2.99. The van der Waals surface area contributed by atoms with Crippen molar-refractivity contribution < 1.29 is 24.9 Å². The van der Waals surface area contributed by atoms with Gasteiger partial charge in [-0.2, -0.15) is 0 Å². The topological polar surface area (TPSA) is 87.0 Å². The Hall–Kier alpha value is -0.650. The molecule has 0 heterocycles. The molecule has 5 heteroatoms. The van der Waals surface area contributed by atoms with Gasteiger partial charge < -0.3 is 20.1 Å². The van der Waals surface area contributed by atoms with E-state index in [9.17, 15) is 4.79 Å². The molecule has 0 aromatic heterocycles. The fourth-order valence-electron chi connectivity index (χ4n) is 2.99. The first kappa shape index (κ1) is 24.4. The smallest absolute Gasteiger partial charge is 0.305 e. The van der Waals surface area contributed by atoms with Gasteiger partial charge in [-0.15, -0.1) is 0 Å². The third-order valence-corrected chi connectivity index (χ3v) is 4.45. The molecule has 0 amide bonds. The summed E-state index contributed by atoms with van der Waals surface area (Å²) in [6.07, 6.45) is 16.8. The van der Waals surface area contributed by atoms with Gasteiger partial charge in [0.25, 0.3) is 5.97 Å². The van der Waals surface area contributed by atoms with E-state index in [1.54, 1.807) is 0 Å². The second-order valence-electron chi connectivity index (χ2n) is 7.03. The fraction of sp³-hybridized carbons (Fsp3) is 0.950. The van der Waals surface area contributed by atoms with Crippen molar-refractivity contribution in [2.45, 2.75) is 116 Å². The maximum atomic E-state index is 11.2. The van der Waals surface area contributed by atoms with Crippen molar-refractivity contribution in [3.05, 3.63) is 0 Å². The first-order valence-corrected chi connectivity index (χ1v) is 10.3. The van der Waals surface area contributed by atoms with Gasteiger partial charge >= 0.3 is 5.97 Å². The van der Waals surface area contributed by atoms with E-state index < -0.39 is 5.97 Å². The van der Waals surface area contributed by atoms with Gasteiger partial charge in [-0.3, -0.25) is 4.79 Å². The van der Waals surface area contributed by atoms with Crippen molar-refractivity contribution in [1.82, 2.24) is 0 Å². The average molecular weight is 361 g/mol. The molecule has 0 atom stereocenters. The summed E-state index contributed by atoms with van der Waals surface area (Å²) >= 11 is 0. The summed E-state index contributed by atoms with van der Waals surface area (Å²) in [5, 5.41) is 26.3. The molecule has 0 fully saturated rings. The first-order valence-electron chi connectivity index (χ1n) is 10.3. The van der Waals surface area contributed by atoms with Crippen LogP contribution >= 0.6 is 0 Å². The predicted octanol–water partition coefficient (Wildman–Crippen LogP) is 4.42. The molecular weight excluding hydrogens is 320 g/mol. The van der Waals surface area contributed by atoms with E-state index in [1.807, 2.05) is 6.92 Å². The summed E-state index contributed by atoms with van der Waals surface area (Å²) in [5.41, 5.74) is 0. The third kappa shape index (κ3) is 21.3. The Labute approximate surface area is 153 Å². The van der Waals surface area contributed by atoms with Crippen LogP contribution in [-0.4, -0.2) is 33.9 Å². The highest BCUT2D eigenvalue weighted by Crippen LogP contribution is 2.15. The van der Waals surface area contributed by atoms with E-state index in [-0.39, 0.29) is 12.4 Å². The lowest BCUT2D eigenvalue weighted by Crippen LogP contribution is -2.26. The lowest BCUT2D eigenvalue weighted by Gasteiger charge is -2.12. The van der Waals surface area contributed by atoms with Crippen LogP contribution in [0.5, 0.6) is 0 Å². The van der Waals surface area contributed by atoms with Crippen LogP contribution in [0.15, 0.2) is 0 Å². The number of carbonyl (C=O) groups is 1. The molecule has 0 unspecified atom stereocenters. The van der Waals surface area contributed by atoms with Gasteiger partial charge in [-0.05, 0) is 19.8 Å². The summed E-state index contributed by atoms with van der Waals surface area (Å²) in [7, 11) is 0. The minimum atomic E-state index is -2.49. The quantitative estimate of drug-likeness (QED) is 0.191. The van der Waals surface area contributed by atoms with Gasteiger partial charge in [0.1, 0.15) is 0 Å². The van der Waals surface area contributed by atoms with Gasteiger partial charge in [0.05, 0.1) is 6.61 Å². The zero-order valence-corrected chi connectivity index (χ0v) is 16.2. The molecule has 0 aromatic rings. The minimum Gasteiger partial charge on any atom is -0.466 e. The molecule has 3 N–H and O–H groups in total. The normalized spacial score (nSPS) is 11.7. The molecule has 0 radical (unpaired) electrons. The monoisotopic (exact) mass is 360 g/mol. The molecule has 5 nitrogen and oxygen atoms in total. The molecule has 0 saturated carbocycles. The minimum absolute atomic E-state index is 0.0375. The molecule has 0 aromatic carbocycles. The Morgan fingerprint density at radius 1 is 0.680 bits per heavy atom. The molecule has 0 saturated heterocycles. The SMILES string of the molecule is CCOC(=O)CCCCCCCCCCCCCCCCC(O)(O)O. The van der Waals surface area contributed by atoms with Gasteiger partial charge in [0.15, 0.2) is 0 Å². The number of rotatable bonds is 18. The van der Waals surface area contributed by atoms with Crippen molar-refractivity contribution in [2.75, 3.05) is 6.61 Å². The standard InChI is InChI=1S/C20H40O5/c1-2-25-19(21)17-15-13-11-9-7-5-3-4-6-8-10-12-14-16-18-20(22,23)24/h22-24H,2-18H2,1H3. The number of hydrogen-bond acceptors (Lipinski definition) is 5. The molecular formula is C20H40O5. The number of hydrogen-bond donors (Lipinski definition) is 3. The van der Waals surface area contributed by atoms with E-state index in [0.717, 1.165) is 25.7 Å². The van der Waals surface area contributed by atoms with Crippen LogP contribution in [0.4, 0.5) is 0 Å². The van der Waals surface area contributed by atoms with Gasteiger partial charge in [0, 0.05) is 12.8 Å². The largest absolute Gasteiger partial charge is 0.466 e. The molecule has 0 aliphatic carbocycles. The highest BCUT2D eigenvalue weighted by molar-refractivity contribution is 5.69. The Bertz CT molecular complexity index is 299. The zero-order chi connectivity index (χ0) is 18.8. The van der Waals surface area contributed by atoms with Crippen molar-refractivity contribution >= 4 is 5.97 Å². The first-order chi connectivity index (χ1) is 12.0. The third-order valence-electron chi connectivity index (χ3n) is 4.45. The number of aliphatic hydroxyl groups is 3. The van der Waals surface area contributed by atoms with Gasteiger partial charge in [-0.25, -0.2) is 0 Å². The molecule has 0 aliphatic heterocycles. The maximum absolute atomic E-state index is 11.2. The Balaban J connectivity index is 3.09. The van der Waals surface area contributed by atoms with Crippen LogP contribution in [-0.2, 0) is 9.53 Å². The van der Waals surface area contributed by atoms with E-state index in [0.29, 0.717) is 19.4 Å². The lowest BCUT2D eigenvalue weighted by atomic mass is 10.0. The summed E-state index contributed by atoms with van der Waals surface area (Å²) in [6, 6.07) is 0. The van der Waals surface area contributed by atoms with E-state index >= 15 is 0 Å². The van der Waals surface area contributed by atoms with Crippen LogP contribution in [0.2, 0.25) is 0 Å². The molecule has 150 valence electrons. The van der Waals surface area contributed by atoms with Crippen LogP contribution in [0.25, 0.3) is 0 Å². The average Bonchev–Trinajstić information content (AvgIpc) is 2.53. The molecule has 0 rings (SSSR count). The molecule has 0 spiro atoms. The second kappa shape index (κ2) is 16.8. The van der Waals surface area contributed by atoms with Gasteiger partial charge in [-0.1, -0.05) is 77.0 Å². The maximum Gasteiger partial charge on any atom is 0.305 e. The van der Waals surface area contributed by atoms with E-state index in [2.05, 4.69) is 0 Å². The summed E-state index contributed by atoms with van der Waals surface area (Å²) in [5.74, 6) is -2.55. The number of esters is 1. The van der Waals surface area contributed by atoms with Crippen molar-refractivity contribution in [3.8, 4) is 0 Å². The number of ether oxygens (including phenoxy) is 1. The van der Waals surface area contributed by atoms with Crippen molar-refractivity contribution in [1.29, 1.82) is 0 Å². The highest BCUT2D eigenvalue weighted by Gasteiger charge is 2.16. The summed E-state index contributed by atoms with van der Waals surface area (Å²) < 4.78 is 4.91. The highest BCUT2D eigenvalue weighted by atomic mass is 16.7. The van der Waals surface area contributed by atoms with Crippen LogP contribution in [0, 0.1) is 0 Å². The predicted molar refractivity (Wildman–Crippen MR) is 99.9 cm³/mol. The zero-order valence-electron chi connectivity index (χ0n) is 16.2. The van der Waals surface area contributed by atoms with E-state index in [4.69, 9.17) is 20.1 Å². The van der Waals surface area contributed by atoms with Crippen LogP contribution in [0.1, 0.15) is 110 Å². The Kier molecular flexibility index (Phi) is 16.4. The summed E-state index contributed by atoms with van der Waals surface area (Å²) in [6.45, 7) is 2.33. The summed E-state index contributed by atoms with van der Waals surface area (Å²) in [4.78, 5) is 11.2. The van der Waals surface area contributed by atoms with Gasteiger partial charge in [0.2, 0.25) is 0 Å². The number of unbranched alkanes of at least 4 members (excludes halogenated alkanes) is 13. The van der Waals surface area contributed by atoms with Crippen LogP contribution in [0.3, 0.4) is 0 Å². The molecule has 0 aliphatic rings. The molecule has 25 heavy (non-hydrogen) atoms. The second-order valence-corrected chi connectivity index (χ2v) is 7.03. The Morgan fingerprint density at radius 2 is 1.04 bits per heavy atom. The molecule has 0 bridgehead atoms. The Morgan fingerprint density at radius 3 is 1.40 bits per heavy atom. The van der Waals surface area contributed by atoms with Crippen LogP contribution < -0.4 is 0 Å². The lowest BCUT2D eigenvalue weighted by molar-refractivity contribution is -0.315.